The molecule has 1 fully saturated rings. The summed E-state index contributed by atoms with van der Waals surface area (Å²) in [4.78, 5) is 23.0. The Kier molecular flexibility index (Phi) is 3.27. The Labute approximate surface area is 99.3 Å². The molecule has 1 heterocycles. The SMILES string of the molecule is COC(=O)C1CCN(c2ccccc2)NC1=O. The van der Waals surface area contributed by atoms with Crippen LogP contribution in [0.5, 0.6) is 0 Å². The number of amides is 1. The van der Waals surface area contributed by atoms with Crippen LogP contribution in [0.25, 0.3) is 0 Å². The van der Waals surface area contributed by atoms with Crippen LogP contribution in [-0.2, 0) is 14.3 Å². The number of hydrogen-bond acceptors (Lipinski definition) is 4. The van der Waals surface area contributed by atoms with E-state index in [-0.39, 0.29) is 5.91 Å². The Balaban J connectivity index is 2.05. The zero-order valence-corrected chi connectivity index (χ0v) is 9.55. The highest BCUT2D eigenvalue weighted by Crippen LogP contribution is 2.18. The number of ether oxygens (including phenoxy) is 1. The van der Waals surface area contributed by atoms with Crippen LogP contribution in [0, 0.1) is 5.92 Å². The summed E-state index contributed by atoms with van der Waals surface area (Å²) < 4.78 is 4.58. The van der Waals surface area contributed by atoms with E-state index in [0.717, 1.165) is 5.69 Å². The van der Waals surface area contributed by atoms with E-state index in [9.17, 15) is 9.59 Å². The van der Waals surface area contributed by atoms with Gasteiger partial charge in [-0.05, 0) is 18.6 Å². The van der Waals surface area contributed by atoms with Gasteiger partial charge < -0.3 is 4.74 Å². The van der Waals surface area contributed by atoms with Crippen molar-refractivity contribution < 1.29 is 14.3 Å². The maximum absolute atomic E-state index is 11.7. The average Bonchev–Trinajstić information content (AvgIpc) is 2.39. The maximum atomic E-state index is 11.7. The number of para-hydroxylation sites is 1. The third kappa shape index (κ3) is 2.38. The largest absolute Gasteiger partial charge is 0.468 e. The van der Waals surface area contributed by atoms with E-state index in [2.05, 4.69) is 10.2 Å². The van der Waals surface area contributed by atoms with Crippen LogP contribution in [-0.4, -0.2) is 25.5 Å². The van der Waals surface area contributed by atoms with Crippen molar-refractivity contribution in [3.8, 4) is 0 Å². The molecule has 0 spiro atoms. The summed E-state index contributed by atoms with van der Waals surface area (Å²) in [6.45, 7) is 0.593. The molecule has 17 heavy (non-hydrogen) atoms. The molecule has 90 valence electrons. The monoisotopic (exact) mass is 234 g/mol. The molecule has 0 bridgehead atoms. The Hall–Kier alpha value is -2.04. The smallest absolute Gasteiger partial charge is 0.318 e. The number of esters is 1. The molecule has 5 heteroatoms. The second kappa shape index (κ2) is 4.86. The topological polar surface area (TPSA) is 58.6 Å². The van der Waals surface area contributed by atoms with Crippen molar-refractivity contribution in [2.24, 2.45) is 5.92 Å². The molecule has 1 aliphatic heterocycles. The quantitative estimate of drug-likeness (QED) is 0.605. The van der Waals surface area contributed by atoms with Gasteiger partial charge in [0.2, 0.25) is 0 Å². The highest BCUT2D eigenvalue weighted by atomic mass is 16.5. The number of nitrogens with one attached hydrogen (secondary N) is 1. The minimum atomic E-state index is -0.694. The highest BCUT2D eigenvalue weighted by molar-refractivity contribution is 5.99. The zero-order chi connectivity index (χ0) is 12.3. The van der Waals surface area contributed by atoms with Crippen molar-refractivity contribution in [3.63, 3.8) is 0 Å². The van der Waals surface area contributed by atoms with Crippen molar-refractivity contribution in [2.75, 3.05) is 18.7 Å². The number of hydrazine groups is 1. The van der Waals surface area contributed by atoms with E-state index in [0.29, 0.717) is 13.0 Å². The van der Waals surface area contributed by atoms with Crippen molar-refractivity contribution in [2.45, 2.75) is 6.42 Å². The molecule has 1 saturated heterocycles. The molecule has 1 aromatic rings. The van der Waals surface area contributed by atoms with Gasteiger partial charge in [-0.25, -0.2) is 0 Å². The number of nitrogens with zero attached hydrogens (tertiary/aromatic N) is 1. The summed E-state index contributed by atoms with van der Waals surface area (Å²) in [5, 5.41) is 1.74. The van der Waals surface area contributed by atoms with Crippen molar-refractivity contribution in [1.82, 2.24) is 5.43 Å². The van der Waals surface area contributed by atoms with Crippen LogP contribution in [0.3, 0.4) is 0 Å². The minimum absolute atomic E-state index is 0.313. The number of carbonyl (C=O) groups is 2. The van der Waals surface area contributed by atoms with E-state index >= 15 is 0 Å². The van der Waals surface area contributed by atoms with Crippen molar-refractivity contribution >= 4 is 17.6 Å². The molecule has 2 rings (SSSR count). The van der Waals surface area contributed by atoms with Crippen molar-refractivity contribution in [1.29, 1.82) is 0 Å². The molecular formula is C12H14N2O3. The number of rotatable bonds is 2. The van der Waals surface area contributed by atoms with E-state index in [4.69, 9.17) is 0 Å². The third-order valence-corrected chi connectivity index (χ3v) is 2.76. The second-order valence-corrected chi connectivity index (χ2v) is 3.83. The van der Waals surface area contributed by atoms with E-state index in [1.807, 2.05) is 30.3 Å². The minimum Gasteiger partial charge on any atom is -0.468 e. The molecule has 1 aromatic carbocycles. The van der Waals surface area contributed by atoms with Crippen LogP contribution in [0.1, 0.15) is 6.42 Å². The first-order valence-electron chi connectivity index (χ1n) is 5.43. The Morgan fingerprint density at radius 3 is 2.71 bits per heavy atom. The lowest BCUT2D eigenvalue weighted by Gasteiger charge is -2.32. The van der Waals surface area contributed by atoms with E-state index in [1.165, 1.54) is 7.11 Å². The van der Waals surface area contributed by atoms with Gasteiger partial charge in [0, 0.05) is 6.54 Å². The van der Waals surface area contributed by atoms with Crippen LogP contribution < -0.4 is 10.4 Å². The molecule has 1 unspecified atom stereocenters. The Morgan fingerprint density at radius 1 is 1.41 bits per heavy atom. The highest BCUT2D eigenvalue weighted by Gasteiger charge is 2.33. The van der Waals surface area contributed by atoms with E-state index < -0.39 is 11.9 Å². The van der Waals surface area contributed by atoms with Gasteiger partial charge >= 0.3 is 5.97 Å². The van der Waals surface area contributed by atoms with Crippen LogP contribution in [0.15, 0.2) is 30.3 Å². The molecule has 0 saturated carbocycles. The van der Waals surface area contributed by atoms with Gasteiger partial charge in [-0.15, -0.1) is 0 Å². The fraction of sp³-hybridized carbons (Fsp3) is 0.333. The second-order valence-electron chi connectivity index (χ2n) is 3.83. The van der Waals surface area contributed by atoms with Gasteiger partial charge in [0.25, 0.3) is 5.91 Å². The first-order valence-corrected chi connectivity index (χ1v) is 5.43. The fourth-order valence-electron chi connectivity index (χ4n) is 1.82. The van der Waals surface area contributed by atoms with E-state index in [1.54, 1.807) is 5.01 Å². The van der Waals surface area contributed by atoms with Gasteiger partial charge in [-0.1, -0.05) is 18.2 Å². The molecule has 1 atom stereocenters. The number of hydrogen-bond donors (Lipinski definition) is 1. The number of benzene rings is 1. The Morgan fingerprint density at radius 2 is 2.12 bits per heavy atom. The standard InChI is InChI=1S/C12H14N2O3/c1-17-12(16)10-7-8-14(13-11(10)15)9-5-3-2-4-6-9/h2-6,10H,7-8H2,1H3,(H,13,15). The first-order chi connectivity index (χ1) is 8.22. The lowest BCUT2D eigenvalue weighted by Crippen LogP contribution is -2.53. The molecule has 0 radical (unpaired) electrons. The summed E-state index contributed by atoms with van der Waals surface area (Å²) >= 11 is 0. The van der Waals surface area contributed by atoms with Crippen LogP contribution in [0.4, 0.5) is 5.69 Å². The average molecular weight is 234 g/mol. The van der Waals surface area contributed by atoms with Crippen molar-refractivity contribution in [3.05, 3.63) is 30.3 Å². The molecule has 1 amide bonds. The summed E-state index contributed by atoms with van der Waals surface area (Å²) in [6, 6.07) is 9.51. The molecular weight excluding hydrogens is 220 g/mol. The number of methoxy groups -OCH3 is 1. The lowest BCUT2D eigenvalue weighted by molar-refractivity contribution is -0.151. The molecule has 5 nitrogen and oxygen atoms in total. The van der Waals surface area contributed by atoms with Crippen LogP contribution >= 0.6 is 0 Å². The molecule has 1 aliphatic rings. The summed E-state index contributed by atoms with van der Waals surface area (Å²) in [6.07, 6.45) is 0.466. The third-order valence-electron chi connectivity index (χ3n) is 2.76. The molecule has 1 N–H and O–H groups in total. The first kappa shape index (κ1) is 11.4. The summed E-state index contributed by atoms with van der Waals surface area (Å²) in [5.74, 6) is -1.48. The van der Waals surface area contributed by atoms with Gasteiger partial charge in [0.05, 0.1) is 12.8 Å². The number of anilines is 1. The fourth-order valence-corrected chi connectivity index (χ4v) is 1.82. The predicted molar refractivity (Wildman–Crippen MR) is 62.1 cm³/mol. The van der Waals surface area contributed by atoms with Gasteiger partial charge in [0.15, 0.2) is 0 Å². The predicted octanol–water partition coefficient (Wildman–Crippen LogP) is 0.717. The van der Waals surface area contributed by atoms with Crippen LogP contribution in [0.2, 0.25) is 0 Å². The molecule has 0 aliphatic carbocycles. The number of carbonyl (C=O) groups excluding carboxylic acids is 2. The Bertz CT molecular complexity index is 419. The van der Waals surface area contributed by atoms with Gasteiger partial charge in [-0.3, -0.25) is 20.0 Å². The molecule has 0 aromatic heterocycles. The summed E-state index contributed by atoms with van der Waals surface area (Å²) in [5.41, 5.74) is 3.60. The van der Waals surface area contributed by atoms with Gasteiger partial charge in [0.1, 0.15) is 5.92 Å². The lowest BCUT2D eigenvalue weighted by atomic mass is 10.0. The van der Waals surface area contributed by atoms with Gasteiger partial charge in [-0.2, -0.15) is 0 Å². The maximum Gasteiger partial charge on any atom is 0.318 e. The normalized spacial score (nSPS) is 19.7. The summed E-state index contributed by atoms with van der Waals surface area (Å²) in [7, 11) is 1.29. The zero-order valence-electron chi connectivity index (χ0n) is 9.55.